The van der Waals surface area contributed by atoms with Crippen molar-refractivity contribution in [2.24, 2.45) is 11.8 Å². The van der Waals surface area contributed by atoms with Crippen molar-refractivity contribution in [3.05, 3.63) is 23.8 Å². The highest BCUT2D eigenvalue weighted by Crippen LogP contribution is 2.28. The van der Waals surface area contributed by atoms with Crippen LogP contribution >= 0.6 is 0 Å². The number of rotatable bonds is 6. The predicted molar refractivity (Wildman–Crippen MR) is 137 cm³/mol. The van der Waals surface area contributed by atoms with E-state index in [1.54, 1.807) is 37.3 Å². The van der Waals surface area contributed by atoms with E-state index < -0.39 is 0 Å². The number of carbonyl (C=O) groups is 2. The minimum absolute atomic E-state index is 0.0524. The second-order valence-electron chi connectivity index (χ2n) is 10.2. The van der Waals surface area contributed by atoms with E-state index in [-0.39, 0.29) is 36.5 Å². The highest BCUT2D eigenvalue weighted by Gasteiger charge is 2.29. The summed E-state index contributed by atoms with van der Waals surface area (Å²) in [7, 11) is 4.98. The van der Waals surface area contributed by atoms with Crippen molar-refractivity contribution in [3.8, 4) is 5.75 Å². The molecule has 0 aromatic heterocycles. The molecule has 196 valence electrons. The van der Waals surface area contributed by atoms with Gasteiger partial charge in [0.2, 0.25) is 5.91 Å². The molecule has 3 atom stereocenters. The molecular formula is C27H43N3O5. The Labute approximate surface area is 210 Å². The molecule has 1 saturated carbocycles. The van der Waals surface area contributed by atoms with Crippen molar-refractivity contribution < 1.29 is 23.8 Å². The van der Waals surface area contributed by atoms with E-state index in [0.717, 1.165) is 19.0 Å². The molecule has 2 aliphatic rings. The zero-order valence-electron chi connectivity index (χ0n) is 22.0. The number of hydrogen-bond donors (Lipinski definition) is 1. The first-order valence-electron chi connectivity index (χ1n) is 12.9. The van der Waals surface area contributed by atoms with Gasteiger partial charge >= 0.3 is 0 Å². The number of fused-ring (bicyclic) bond motifs is 1. The van der Waals surface area contributed by atoms with Gasteiger partial charge in [-0.15, -0.1) is 0 Å². The van der Waals surface area contributed by atoms with Gasteiger partial charge in [-0.05, 0) is 49.8 Å². The number of benzene rings is 1. The Hall–Kier alpha value is -2.16. The fourth-order valence-electron chi connectivity index (χ4n) is 5.21. The summed E-state index contributed by atoms with van der Waals surface area (Å²) in [5.74, 6) is 1.06. The largest absolute Gasteiger partial charge is 0.491 e. The first-order valence-corrected chi connectivity index (χ1v) is 12.9. The number of anilines is 1. The molecule has 8 heteroatoms. The average molecular weight is 490 g/mol. The number of nitrogens with one attached hydrogen (secondary N) is 1. The van der Waals surface area contributed by atoms with E-state index in [0.29, 0.717) is 30.2 Å². The predicted octanol–water partition coefficient (Wildman–Crippen LogP) is 3.66. The molecule has 8 nitrogen and oxygen atoms in total. The molecule has 1 aromatic rings. The van der Waals surface area contributed by atoms with Crippen molar-refractivity contribution in [1.29, 1.82) is 0 Å². The summed E-state index contributed by atoms with van der Waals surface area (Å²) in [6, 6.07) is 5.40. The van der Waals surface area contributed by atoms with Gasteiger partial charge in [-0.2, -0.15) is 0 Å². The van der Waals surface area contributed by atoms with E-state index in [1.165, 1.54) is 39.2 Å². The Morgan fingerprint density at radius 1 is 1.14 bits per heavy atom. The van der Waals surface area contributed by atoms with Crippen LogP contribution in [0.25, 0.3) is 0 Å². The minimum atomic E-state index is -0.275. The van der Waals surface area contributed by atoms with Gasteiger partial charge in [0.15, 0.2) is 0 Å². The van der Waals surface area contributed by atoms with Crippen molar-refractivity contribution in [2.75, 3.05) is 59.4 Å². The lowest BCUT2D eigenvalue weighted by molar-refractivity contribution is -0.119. The Bertz CT molecular complexity index is 842. The molecule has 0 spiro atoms. The molecule has 0 saturated heterocycles. The molecule has 1 aliphatic carbocycles. The zero-order valence-corrected chi connectivity index (χ0v) is 22.0. The van der Waals surface area contributed by atoms with Crippen molar-refractivity contribution in [2.45, 2.75) is 58.1 Å². The van der Waals surface area contributed by atoms with Gasteiger partial charge in [0.05, 0.1) is 11.7 Å². The lowest BCUT2D eigenvalue weighted by Crippen LogP contribution is -2.48. The highest BCUT2D eigenvalue weighted by molar-refractivity contribution is 5.99. The van der Waals surface area contributed by atoms with Crippen LogP contribution in [0.1, 0.15) is 56.3 Å². The maximum absolute atomic E-state index is 13.4. The van der Waals surface area contributed by atoms with Crippen LogP contribution in [-0.2, 0) is 14.3 Å². The fraction of sp³-hybridized carbons (Fsp3) is 0.704. The fourth-order valence-corrected chi connectivity index (χ4v) is 5.21. The van der Waals surface area contributed by atoms with Crippen LogP contribution < -0.4 is 10.1 Å². The van der Waals surface area contributed by atoms with Gasteiger partial charge in [-0.3, -0.25) is 14.5 Å². The molecule has 0 unspecified atom stereocenters. The molecule has 2 amide bonds. The first-order chi connectivity index (χ1) is 16.8. The number of ether oxygens (including phenoxy) is 3. The van der Waals surface area contributed by atoms with Crippen LogP contribution in [0.15, 0.2) is 18.2 Å². The third-order valence-corrected chi connectivity index (χ3v) is 7.35. The van der Waals surface area contributed by atoms with Gasteiger partial charge in [-0.25, -0.2) is 0 Å². The second kappa shape index (κ2) is 13.2. The summed E-state index contributed by atoms with van der Waals surface area (Å²) in [4.78, 5) is 29.7. The molecule has 0 bridgehead atoms. The summed E-state index contributed by atoms with van der Waals surface area (Å²) in [6.07, 6.45) is 6.50. The third-order valence-electron chi connectivity index (χ3n) is 7.35. The molecule has 1 heterocycles. The van der Waals surface area contributed by atoms with Gasteiger partial charge < -0.3 is 24.4 Å². The maximum atomic E-state index is 13.4. The quantitative estimate of drug-likeness (QED) is 0.657. The number of likely N-dealkylation sites (N-methyl/N-ethyl adjacent to an activating group) is 1. The number of amides is 2. The molecule has 35 heavy (non-hydrogen) atoms. The molecule has 3 rings (SSSR count). The normalized spacial score (nSPS) is 25.2. The van der Waals surface area contributed by atoms with Gasteiger partial charge in [0, 0.05) is 52.6 Å². The number of carbonyl (C=O) groups excluding carboxylic acids is 2. The minimum Gasteiger partial charge on any atom is -0.491 e. The molecule has 1 N–H and O–H groups in total. The highest BCUT2D eigenvalue weighted by atomic mass is 16.5. The van der Waals surface area contributed by atoms with Crippen molar-refractivity contribution in [3.63, 3.8) is 0 Å². The summed E-state index contributed by atoms with van der Waals surface area (Å²) in [5, 5.41) is 2.78. The average Bonchev–Trinajstić information content (AvgIpc) is 2.85. The second-order valence-corrected chi connectivity index (χ2v) is 10.2. The van der Waals surface area contributed by atoms with Crippen LogP contribution in [-0.4, -0.2) is 87.9 Å². The standard InChI is InChI=1S/C27H43N3O5/c1-19-14-30(15-21-9-7-6-8-10-21)20(2)17-35-24-12-11-22(28-26(31)18-33-4)13-23(24)27(32)29(3)16-25(19)34-5/h11-13,19-21,25H,6-10,14-18H2,1-5H3,(H,28,31)/t19-,20+,25+/m1/s1. The summed E-state index contributed by atoms with van der Waals surface area (Å²) in [5.41, 5.74) is 0.962. The Morgan fingerprint density at radius 2 is 1.89 bits per heavy atom. The molecule has 1 fully saturated rings. The monoisotopic (exact) mass is 489 g/mol. The maximum Gasteiger partial charge on any atom is 0.257 e. The molecule has 1 aliphatic heterocycles. The van der Waals surface area contributed by atoms with Crippen LogP contribution in [0.2, 0.25) is 0 Å². The van der Waals surface area contributed by atoms with Gasteiger partial charge in [-0.1, -0.05) is 26.2 Å². The Balaban J connectivity index is 1.87. The summed E-state index contributed by atoms with van der Waals surface area (Å²) in [6.45, 7) is 7.28. The van der Waals surface area contributed by atoms with Crippen LogP contribution in [0.4, 0.5) is 5.69 Å². The smallest absolute Gasteiger partial charge is 0.257 e. The first kappa shape index (κ1) is 27.4. The summed E-state index contributed by atoms with van der Waals surface area (Å²) < 4.78 is 17.0. The van der Waals surface area contributed by atoms with E-state index in [9.17, 15) is 9.59 Å². The third kappa shape index (κ3) is 7.66. The number of nitrogens with zero attached hydrogens (tertiary/aromatic N) is 2. The van der Waals surface area contributed by atoms with Gasteiger partial charge in [0.25, 0.3) is 5.91 Å². The van der Waals surface area contributed by atoms with Crippen LogP contribution in [0, 0.1) is 11.8 Å². The molecule has 1 aromatic carbocycles. The van der Waals surface area contributed by atoms with E-state index >= 15 is 0 Å². The number of hydrogen-bond acceptors (Lipinski definition) is 6. The zero-order chi connectivity index (χ0) is 25.4. The van der Waals surface area contributed by atoms with E-state index in [2.05, 4.69) is 24.1 Å². The summed E-state index contributed by atoms with van der Waals surface area (Å²) >= 11 is 0. The van der Waals surface area contributed by atoms with Crippen LogP contribution in [0.5, 0.6) is 5.75 Å². The van der Waals surface area contributed by atoms with E-state index in [4.69, 9.17) is 14.2 Å². The van der Waals surface area contributed by atoms with Crippen molar-refractivity contribution >= 4 is 17.5 Å². The topological polar surface area (TPSA) is 80.3 Å². The van der Waals surface area contributed by atoms with Crippen LogP contribution in [0.3, 0.4) is 0 Å². The lowest BCUT2D eigenvalue weighted by Gasteiger charge is -2.38. The SMILES string of the molecule is COCC(=O)Nc1ccc2c(c1)C(=O)N(C)C[C@H](OC)[C@H](C)CN(CC1CCCCC1)[C@@H](C)CO2. The lowest BCUT2D eigenvalue weighted by atomic mass is 9.88. The Kier molecular flexibility index (Phi) is 10.4. The Morgan fingerprint density at radius 3 is 2.57 bits per heavy atom. The molecule has 0 radical (unpaired) electrons. The van der Waals surface area contributed by atoms with Crippen molar-refractivity contribution in [1.82, 2.24) is 9.80 Å². The number of methoxy groups -OCH3 is 2. The van der Waals surface area contributed by atoms with E-state index in [1.807, 2.05) is 0 Å². The van der Waals surface area contributed by atoms with Gasteiger partial charge in [0.1, 0.15) is 19.0 Å². The molecular weight excluding hydrogens is 446 g/mol.